The molecule has 1 N–H and O–H groups in total. The Morgan fingerprint density at radius 2 is 1.44 bits per heavy atom. The van der Waals surface area contributed by atoms with Gasteiger partial charge in [-0.3, -0.25) is 0 Å². The van der Waals surface area contributed by atoms with Gasteiger partial charge >= 0.3 is 0 Å². The van der Waals surface area contributed by atoms with Gasteiger partial charge in [-0.05, 0) is 18.2 Å². The lowest BCUT2D eigenvalue weighted by atomic mass is 10.0. The molecule has 0 saturated heterocycles. The van der Waals surface area contributed by atoms with Crippen molar-refractivity contribution >= 4 is 11.6 Å². The van der Waals surface area contributed by atoms with E-state index >= 15 is 0 Å². The van der Waals surface area contributed by atoms with Crippen molar-refractivity contribution in [2.24, 2.45) is 0 Å². The van der Waals surface area contributed by atoms with Crippen LogP contribution >= 0.6 is 11.6 Å². The van der Waals surface area contributed by atoms with Crippen LogP contribution in [0.1, 0.15) is 17.2 Å². The average molecular weight is 273 g/mol. The normalized spacial score (nSPS) is 12.5. The van der Waals surface area contributed by atoms with Gasteiger partial charge in [0.05, 0.1) is 0 Å². The van der Waals surface area contributed by atoms with Crippen molar-refractivity contribution < 1.29 is 18.3 Å². The molecule has 0 bridgehead atoms. The Balaban J connectivity index is 2.44. The van der Waals surface area contributed by atoms with Crippen LogP contribution in [0.3, 0.4) is 0 Å². The Morgan fingerprint density at radius 3 is 2.00 bits per heavy atom. The Morgan fingerprint density at radius 1 is 0.889 bits per heavy atom. The second-order valence-electron chi connectivity index (χ2n) is 3.73. The summed E-state index contributed by atoms with van der Waals surface area (Å²) in [5, 5.41) is 10.1. The number of hydrogen-bond donors (Lipinski definition) is 1. The Bertz CT molecular complexity index is 535. The SMILES string of the molecule is OC(c1ccc(F)cc1F)c1ccc(Cl)cc1F. The molecule has 0 aliphatic carbocycles. The topological polar surface area (TPSA) is 20.2 Å². The number of rotatable bonds is 2. The van der Waals surface area contributed by atoms with Crippen molar-refractivity contribution in [3.05, 3.63) is 70.0 Å². The van der Waals surface area contributed by atoms with Crippen LogP contribution in [0, 0.1) is 17.5 Å². The molecule has 5 heteroatoms. The summed E-state index contributed by atoms with van der Waals surface area (Å²) in [7, 11) is 0. The summed E-state index contributed by atoms with van der Waals surface area (Å²) in [5.41, 5.74) is -0.317. The lowest BCUT2D eigenvalue weighted by molar-refractivity contribution is 0.209. The van der Waals surface area contributed by atoms with Crippen LogP contribution in [0.15, 0.2) is 36.4 Å². The first-order valence-electron chi connectivity index (χ1n) is 5.07. The van der Waals surface area contributed by atoms with Crippen LogP contribution in [-0.2, 0) is 0 Å². The third kappa shape index (κ3) is 2.49. The number of hydrogen-bond acceptors (Lipinski definition) is 1. The predicted octanol–water partition coefficient (Wildman–Crippen LogP) is 3.84. The first-order chi connectivity index (χ1) is 8.49. The lowest BCUT2D eigenvalue weighted by Crippen LogP contribution is -2.05. The molecule has 1 nitrogen and oxygen atoms in total. The molecule has 0 heterocycles. The van der Waals surface area contributed by atoms with Crippen molar-refractivity contribution in [1.82, 2.24) is 0 Å². The highest BCUT2D eigenvalue weighted by molar-refractivity contribution is 6.30. The molecule has 0 radical (unpaired) electrons. The standard InChI is InChI=1S/C13H8ClF3O/c14-7-1-3-9(11(16)5-7)13(18)10-4-2-8(15)6-12(10)17/h1-6,13,18H. The van der Waals surface area contributed by atoms with Gasteiger partial charge in [0.1, 0.15) is 23.6 Å². The maximum absolute atomic E-state index is 13.6. The number of aliphatic hydroxyl groups is 1. The second-order valence-corrected chi connectivity index (χ2v) is 4.17. The Labute approximate surface area is 106 Å². The van der Waals surface area contributed by atoms with Crippen LogP contribution < -0.4 is 0 Å². The van der Waals surface area contributed by atoms with Crippen molar-refractivity contribution in [2.75, 3.05) is 0 Å². The Kier molecular flexibility index (Phi) is 3.59. The van der Waals surface area contributed by atoms with Crippen LogP contribution in [0.4, 0.5) is 13.2 Å². The molecule has 2 rings (SSSR count). The summed E-state index contributed by atoms with van der Waals surface area (Å²) in [6, 6.07) is 6.35. The van der Waals surface area contributed by atoms with Crippen LogP contribution in [0.5, 0.6) is 0 Å². The summed E-state index contributed by atoms with van der Waals surface area (Å²) in [6.45, 7) is 0. The van der Waals surface area contributed by atoms with Crippen molar-refractivity contribution in [3.63, 3.8) is 0 Å². The molecular formula is C13H8ClF3O. The third-order valence-electron chi connectivity index (χ3n) is 2.51. The first-order valence-corrected chi connectivity index (χ1v) is 5.45. The molecule has 1 unspecified atom stereocenters. The zero-order valence-corrected chi connectivity index (χ0v) is 9.76. The van der Waals surface area contributed by atoms with Crippen molar-refractivity contribution in [1.29, 1.82) is 0 Å². The van der Waals surface area contributed by atoms with Gasteiger partial charge in [-0.25, -0.2) is 13.2 Å². The largest absolute Gasteiger partial charge is 0.383 e. The predicted molar refractivity (Wildman–Crippen MR) is 61.8 cm³/mol. The zero-order valence-electron chi connectivity index (χ0n) is 9.00. The van der Waals surface area contributed by atoms with E-state index in [0.29, 0.717) is 6.07 Å². The van der Waals surface area contributed by atoms with Gasteiger partial charge in [0.2, 0.25) is 0 Å². The number of benzene rings is 2. The van der Waals surface area contributed by atoms with Crippen molar-refractivity contribution in [2.45, 2.75) is 6.10 Å². The molecule has 0 aromatic heterocycles. The zero-order chi connectivity index (χ0) is 13.3. The molecule has 0 spiro atoms. The highest BCUT2D eigenvalue weighted by Gasteiger charge is 2.19. The van der Waals surface area contributed by atoms with Gasteiger partial charge in [0.15, 0.2) is 0 Å². The molecule has 94 valence electrons. The molecule has 0 saturated carbocycles. The lowest BCUT2D eigenvalue weighted by Gasteiger charge is -2.13. The van der Waals surface area contributed by atoms with Gasteiger partial charge < -0.3 is 5.11 Å². The number of aliphatic hydroxyl groups excluding tert-OH is 1. The molecule has 0 aliphatic heterocycles. The fraction of sp³-hybridized carbons (Fsp3) is 0.0769. The molecule has 0 amide bonds. The third-order valence-corrected chi connectivity index (χ3v) is 2.75. The molecule has 2 aromatic carbocycles. The summed E-state index contributed by atoms with van der Waals surface area (Å²) in [6.07, 6.45) is -1.51. The van der Waals surface area contributed by atoms with Crippen molar-refractivity contribution in [3.8, 4) is 0 Å². The second kappa shape index (κ2) is 5.00. The van der Waals surface area contributed by atoms with E-state index in [1.54, 1.807) is 0 Å². The smallest absolute Gasteiger partial charge is 0.132 e. The fourth-order valence-corrected chi connectivity index (χ4v) is 1.77. The Hall–Kier alpha value is -1.52. The highest BCUT2D eigenvalue weighted by atomic mass is 35.5. The molecule has 0 aliphatic rings. The summed E-state index contributed by atoms with van der Waals surface area (Å²) in [5.74, 6) is -2.45. The van der Waals surface area contributed by atoms with Crippen LogP contribution in [0.25, 0.3) is 0 Å². The minimum atomic E-state index is -1.51. The molecule has 0 fully saturated rings. The van der Waals surface area contributed by atoms with E-state index < -0.39 is 23.6 Å². The molecular weight excluding hydrogens is 265 g/mol. The van der Waals surface area contributed by atoms with Gasteiger partial charge in [-0.1, -0.05) is 23.7 Å². The van der Waals surface area contributed by atoms with E-state index in [1.807, 2.05) is 0 Å². The van der Waals surface area contributed by atoms with E-state index in [-0.39, 0.29) is 16.1 Å². The molecule has 1 atom stereocenters. The fourth-order valence-electron chi connectivity index (χ4n) is 1.61. The van der Waals surface area contributed by atoms with Crippen LogP contribution in [-0.4, -0.2) is 5.11 Å². The highest BCUT2D eigenvalue weighted by Crippen LogP contribution is 2.28. The minimum Gasteiger partial charge on any atom is -0.383 e. The first kappa shape index (κ1) is 12.9. The number of halogens is 4. The van der Waals surface area contributed by atoms with Gasteiger partial charge in [0, 0.05) is 22.2 Å². The van der Waals surface area contributed by atoms with E-state index in [9.17, 15) is 18.3 Å². The van der Waals surface area contributed by atoms with E-state index in [4.69, 9.17) is 11.6 Å². The van der Waals surface area contributed by atoms with Gasteiger partial charge in [-0.2, -0.15) is 0 Å². The van der Waals surface area contributed by atoms with Crippen LogP contribution in [0.2, 0.25) is 5.02 Å². The van der Waals surface area contributed by atoms with E-state index in [1.165, 1.54) is 12.1 Å². The quantitative estimate of drug-likeness (QED) is 0.881. The monoisotopic (exact) mass is 272 g/mol. The summed E-state index contributed by atoms with van der Waals surface area (Å²) < 4.78 is 39.7. The summed E-state index contributed by atoms with van der Waals surface area (Å²) in [4.78, 5) is 0. The van der Waals surface area contributed by atoms with E-state index in [0.717, 1.165) is 18.2 Å². The maximum atomic E-state index is 13.6. The average Bonchev–Trinajstić information content (AvgIpc) is 2.28. The molecule has 2 aromatic rings. The molecule has 18 heavy (non-hydrogen) atoms. The maximum Gasteiger partial charge on any atom is 0.132 e. The van der Waals surface area contributed by atoms with Gasteiger partial charge in [-0.15, -0.1) is 0 Å². The minimum absolute atomic E-state index is 0.120. The van der Waals surface area contributed by atoms with E-state index in [2.05, 4.69) is 0 Å². The summed E-state index contributed by atoms with van der Waals surface area (Å²) >= 11 is 5.57. The van der Waals surface area contributed by atoms with Gasteiger partial charge in [0.25, 0.3) is 0 Å².